The largest absolute Gasteiger partial charge is 0.504 e. The van der Waals surface area contributed by atoms with Gasteiger partial charge in [0.05, 0.1) is 33.0 Å². The fourth-order valence-corrected chi connectivity index (χ4v) is 3.08. The molecule has 2 aromatic rings. The van der Waals surface area contributed by atoms with Crippen LogP contribution in [0.15, 0.2) is 36.4 Å². The van der Waals surface area contributed by atoms with E-state index in [0.717, 1.165) is 0 Å². The van der Waals surface area contributed by atoms with Crippen LogP contribution in [0.4, 0.5) is 0 Å². The maximum atomic E-state index is 12.9. The molecule has 0 aromatic heterocycles. The fraction of sp³-hybridized carbons (Fsp3) is 0.269. The SMILES string of the molecule is CCOC(=O)/C=C/c1cc(OC)c(O)c(/C(=C/c2ccc(OC(C)=O)c(OC)c2)C(=O)OCC)c1. The highest BCUT2D eigenvalue weighted by molar-refractivity contribution is 6.22. The number of rotatable bonds is 10. The Morgan fingerprint density at radius 1 is 0.886 bits per heavy atom. The molecule has 0 atom stereocenters. The highest BCUT2D eigenvalue weighted by atomic mass is 16.6. The van der Waals surface area contributed by atoms with Crippen molar-refractivity contribution in [1.29, 1.82) is 0 Å². The first-order valence-corrected chi connectivity index (χ1v) is 10.7. The van der Waals surface area contributed by atoms with Crippen LogP contribution in [-0.4, -0.2) is 50.4 Å². The van der Waals surface area contributed by atoms with Gasteiger partial charge in [-0.15, -0.1) is 0 Å². The summed E-state index contributed by atoms with van der Waals surface area (Å²) in [6.07, 6.45) is 4.19. The molecule has 0 aliphatic rings. The second-order valence-electron chi connectivity index (χ2n) is 6.99. The van der Waals surface area contributed by atoms with Crippen LogP contribution in [0.3, 0.4) is 0 Å². The van der Waals surface area contributed by atoms with E-state index < -0.39 is 17.9 Å². The van der Waals surface area contributed by atoms with Crippen molar-refractivity contribution in [1.82, 2.24) is 0 Å². The number of methoxy groups -OCH3 is 2. The smallest absolute Gasteiger partial charge is 0.338 e. The first kappa shape index (κ1) is 27.0. The van der Waals surface area contributed by atoms with E-state index in [4.69, 9.17) is 23.7 Å². The van der Waals surface area contributed by atoms with Crippen LogP contribution in [0.1, 0.15) is 37.5 Å². The minimum Gasteiger partial charge on any atom is -0.504 e. The van der Waals surface area contributed by atoms with Gasteiger partial charge in [0.1, 0.15) is 0 Å². The Morgan fingerprint density at radius 3 is 2.14 bits per heavy atom. The zero-order valence-electron chi connectivity index (χ0n) is 20.2. The van der Waals surface area contributed by atoms with Crippen molar-refractivity contribution in [3.63, 3.8) is 0 Å². The van der Waals surface area contributed by atoms with Gasteiger partial charge in [0.25, 0.3) is 0 Å². The quantitative estimate of drug-likeness (QED) is 0.231. The molecular formula is C26H28O9. The summed E-state index contributed by atoms with van der Waals surface area (Å²) in [5, 5.41) is 10.8. The van der Waals surface area contributed by atoms with Gasteiger partial charge in [-0.25, -0.2) is 9.59 Å². The molecule has 0 saturated heterocycles. The van der Waals surface area contributed by atoms with Gasteiger partial charge >= 0.3 is 17.9 Å². The summed E-state index contributed by atoms with van der Waals surface area (Å²) in [7, 11) is 2.78. The molecular weight excluding hydrogens is 456 g/mol. The second-order valence-corrected chi connectivity index (χ2v) is 6.99. The molecule has 0 heterocycles. The molecule has 0 fully saturated rings. The van der Waals surface area contributed by atoms with E-state index in [2.05, 4.69) is 0 Å². The topological polar surface area (TPSA) is 118 Å². The average molecular weight is 485 g/mol. The lowest BCUT2D eigenvalue weighted by Crippen LogP contribution is -2.08. The Hall–Kier alpha value is -4.27. The molecule has 9 heteroatoms. The summed E-state index contributed by atoms with van der Waals surface area (Å²) in [5.41, 5.74) is 1.12. The molecule has 0 radical (unpaired) electrons. The Labute approximate surface area is 203 Å². The van der Waals surface area contributed by atoms with Crippen LogP contribution in [0.5, 0.6) is 23.0 Å². The average Bonchev–Trinajstić information content (AvgIpc) is 2.82. The van der Waals surface area contributed by atoms with E-state index in [1.165, 1.54) is 57.6 Å². The standard InChI is InChI=1S/C26H28O9/c1-6-33-24(28)11-9-18-12-19(25(29)23(15-18)32-5)20(26(30)34-7-2)13-17-8-10-21(35-16(3)27)22(14-17)31-4/h8-15,29H,6-7H2,1-5H3/b11-9+,20-13-. The van der Waals surface area contributed by atoms with Crippen LogP contribution in [0.2, 0.25) is 0 Å². The van der Waals surface area contributed by atoms with E-state index in [-0.39, 0.29) is 47.3 Å². The molecule has 0 aliphatic carbocycles. The van der Waals surface area contributed by atoms with Gasteiger partial charge in [-0.1, -0.05) is 6.07 Å². The fourth-order valence-electron chi connectivity index (χ4n) is 3.08. The van der Waals surface area contributed by atoms with Crippen molar-refractivity contribution in [2.45, 2.75) is 20.8 Å². The number of ether oxygens (including phenoxy) is 5. The number of carbonyl (C=O) groups excluding carboxylic acids is 3. The lowest BCUT2D eigenvalue weighted by Gasteiger charge is -2.14. The van der Waals surface area contributed by atoms with Crippen molar-refractivity contribution in [3.8, 4) is 23.0 Å². The van der Waals surface area contributed by atoms with Gasteiger partial charge in [-0.05, 0) is 61.4 Å². The molecule has 0 amide bonds. The number of esters is 3. The normalized spacial score (nSPS) is 11.2. The zero-order chi connectivity index (χ0) is 26.0. The predicted molar refractivity (Wildman–Crippen MR) is 129 cm³/mol. The second kappa shape index (κ2) is 12.8. The van der Waals surface area contributed by atoms with Gasteiger partial charge in [0.15, 0.2) is 23.0 Å². The monoisotopic (exact) mass is 484 g/mol. The van der Waals surface area contributed by atoms with Crippen LogP contribution < -0.4 is 14.2 Å². The number of hydrogen-bond acceptors (Lipinski definition) is 9. The van der Waals surface area contributed by atoms with Gasteiger partial charge in [0.2, 0.25) is 0 Å². The van der Waals surface area contributed by atoms with E-state index in [1.807, 2.05) is 0 Å². The van der Waals surface area contributed by atoms with E-state index >= 15 is 0 Å². The van der Waals surface area contributed by atoms with E-state index in [0.29, 0.717) is 11.1 Å². The van der Waals surface area contributed by atoms with Gasteiger partial charge in [-0.3, -0.25) is 4.79 Å². The Morgan fingerprint density at radius 2 is 1.54 bits per heavy atom. The minimum atomic E-state index is -0.695. The van der Waals surface area contributed by atoms with E-state index in [9.17, 15) is 19.5 Å². The minimum absolute atomic E-state index is 0.0244. The summed E-state index contributed by atoms with van der Waals surface area (Å²) in [4.78, 5) is 35.9. The zero-order valence-corrected chi connectivity index (χ0v) is 20.2. The van der Waals surface area contributed by atoms with Crippen molar-refractivity contribution >= 4 is 35.6 Å². The summed E-state index contributed by atoms with van der Waals surface area (Å²) in [5.74, 6) is -1.46. The van der Waals surface area contributed by atoms with Gasteiger partial charge in [-0.2, -0.15) is 0 Å². The summed E-state index contributed by atoms with van der Waals surface area (Å²) in [6, 6.07) is 7.72. The van der Waals surface area contributed by atoms with Crippen molar-refractivity contribution in [2.75, 3.05) is 27.4 Å². The number of benzene rings is 2. The highest BCUT2D eigenvalue weighted by Crippen LogP contribution is 2.38. The van der Waals surface area contributed by atoms with Crippen LogP contribution >= 0.6 is 0 Å². The first-order chi connectivity index (χ1) is 16.7. The third-order valence-corrected chi connectivity index (χ3v) is 4.55. The number of carbonyl (C=O) groups is 3. The number of aromatic hydroxyl groups is 1. The van der Waals surface area contributed by atoms with Crippen molar-refractivity contribution in [2.24, 2.45) is 0 Å². The Kier molecular flexibility index (Phi) is 9.89. The summed E-state index contributed by atoms with van der Waals surface area (Å²) < 4.78 is 25.8. The molecule has 186 valence electrons. The predicted octanol–water partition coefficient (Wildman–Crippen LogP) is 4.01. The molecule has 9 nitrogen and oxygen atoms in total. The van der Waals surface area contributed by atoms with Gasteiger partial charge < -0.3 is 28.8 Å². The van der Waals surface area contributed by atoms with Crippen LogP contribution in [-0.2, 0) is 23.9 Å². The number of phenols is 1. The molecule has 35 heavy (non-hydrogen) atoms. The maximum Gasteiger partial charge on any atom is 0.338 e. The molecule has 0 bridgehead atoms. The maximum absolute atomic E-state index is 12.9. The summed E-state index contributed by atoms with van der Waals surface area (Å²) in [6.45, 7) is 4.95. The molecule has 0 spiro atoms. The van der Waals surface area contributed by atoms with Crippen molar-refractivity contribution < 1.29 is 43.2 Å². The Bertz CT molecular complexity index is 1150. The lowest BCUT2D eigenvalue weighted by molar-refractivity contribution is -0.137. The third kappa shape index (κ3) is 7.36. The number of hydrogen-bond donors (Lipinski definition) is 1. The lowest BCUT2D eigenvalue weighted by atomic mass is 9.98. The summed E-state index contributed by atoms with van der Waals surface area (Å²) >= 11 is 0. The number of phenolic OH excluding ortho intramolecular Hbond substituents is 1. The highest BCUT2D eigenvalue weighted by Gasteiger charge is 2.21. The molecule has 0 saturated carbocycles. The Balaban J connectivity index is 2.66. The molecule has 0 unspecified atom stereocenters. The van der Waals surface area contributed by atoms with Crippen molar-refractivity contribution in [3.05, 3.63) is 53.1 Å². The molecule has 2 aromatic carbocycles. The van der Waals surface area contributed by atoms with Crippen LogP contribution in [0, 0.1) is 0 Å². The molecule has 1 N–H and O–H groups in total. The van der Waals surface area contributed by atoms with Crippen LogP contribution in [0.25, 0.3) is 17.7 Å². The van der Waals surface area contributed by atoms with Gasteiger partial charge in [0, 0.05) is 18.6 Å². The molecule has 2 rings (SSSR count). The third-order valence-electron chi connectivity index (χ3n) is 4.55. The first-order valence-electron chi connectivity index (χ1n) is 10.7. The van der Waals surface area contributed by atoms with E-state index in [1.54, 1.807) is 26.0 Å². The molecule has 0 aliphatic heterocycles.